The number of hydrogen-bond donors (Lipinski definition) is 1. The number of benzene rings is 1. The standard InChI is InChI=1S/C13H18FN3.HI/c1-4-9-16-13(15-2)17(3)10-11-5-7-12(14)8-6-11;/h4-8H,1,9-10H2,2-3H3,(H,15,16);1H. The third-order valence-electron chi connectivity index (χ3n) is 2.31. The smallest absolute Gasteiger partial charge is 0.193 e. The number of halogens is 2. The molecule has 1 aromatic carbocycles. The first-order valence-electron chi connectivity index (χ1n) is 5.44. The van der Waals surface area contributed by atoms with Crippen molar-refractivity contribution in [3.05, 3.63) is 48.3 Å². The lowest BCUT2D eigenvalue weighted by atomic mass is 10.2. The van der Waals surface area contributed by atoms with E-state index in [4.69, 9.17) is 0 Å². The number of nitrogens with zero attached hydrogens (tertiary/aromatic N) is 2. The molecule has 18 heavy (non-hydrogen) atoms. The summed E-state index contributed by atoms with van der Waals surface area (Å²) < 4.78 is 12.8. The van der Waals surface area contributed by atoms with Gasteiger partial charge in [0.25, 0.3) is 0 Å². The van der Waals surface area contributed by atoms with Crippen molar-refractivity contribution >= 4 is 29.9 Å². The zero-order valence-electron chi connectivity index (χ0n) is 10.7. The van der Waals surface area contributed by atoms with E-state index in [1.54, 1.807) is 25.3 Å². The van der Waals surface area contributed by atoms with Crippen LogP contribution in [0.2, 0.25) is 0 Å². The summed E-state index contributed by atoms with van der Waals surface area (Å²) in [6.07, 6.45) is 1.77. The van der Waals surface area contributed by atoms with Crippen LogP contribution < -0.4 is 5.32 Å². The Bertz CT molecular complexity index is 390. The highest BCUT2D eigenvalue weighted by Crippen LogP contribution is 2.05. The van der Waals surface area contributed by atoms with Gasteiger partial charge in [-0.3, -0.25) is 4.99 Å². The molecule has 0 fully saturated rings. The monoisotopic (exact) mass is 363 g/mol. The Morgan fingerprint density at radius 3 is 2.56 bits per heavy atom. The number of hydrogen-bond acceptors (Lipinski definition) is 1. The topological polar surface area (TPSA) is 27.6 Å². The van der Waals surface area contributed by atoms with Crippen molar-refractivity contribution in [2.24, 2.45) is 4.99 Å². The maximum Gasteiger partial charge on any atom is 0.193 e. The lowest BCUT2D eigenvalue weighted by molar-refractivity contribution is 0.480. The summed E-state index contributed by atoms with van der Waals surface area (Å²) in [5, 5.41) is 3.13. The van der Waals surface area contributed by atoms with Crippen LogP contribution in [0.5, 0.6) is 0 Å². The van der Waals surface area contributed by atoms with Crippen LogP contribution in [0.4, 0.5) is 4.39 Å². The molecule has 1 rings (SSSR count). The van der Waals surface area contributed by atoms with E-state index in [-0.39, 0.29) is 29.8 Å². The van der Waals surface area contributed by atoms with Crippen molar-refractivity contribution in [3.63, 3.8) is 0 Å². The van der Waals surface area contributed by atoms with Gasteiger partial charge in [-0.25, -0.2) is 4.39 Å². The molecule has 0 aliphatic rings. The molecule has 0 amide bonds. The molecule has 0 aromatic heterocycles. The Balaban J connectivity index is 0.00000289. The van der Waals surface area contributed by atoms with Crippen molar-refractivity contribution < 1.29 is 4.39 Å². The van der Waals surface area contributed by atoms with E-state index in [1.165, 1.54) is 12.1 Å². The van der Waals surface area contributed by atoms with Crippen molar-refractivity contribution in [1.29, 1.82) is 0 Å². The predicted octanol–water partition coefficient (Wildman–Crippen LogP) is 2.64. The Morgan fingerprint density at radius 2 is 2.06 bits per heavy atom. The second-order valence-electron chi connectivity index (χ2n) is 3.70. The minimum Gasteiger partial charge on any atom is -0.353 e. The third kappa shape index (κ3) is 5.48. The van der Waals surface area contributed by atoms with Crippen molar-refractivity contribution in [3.8, 4) is 0 Å². The van der Waals surface area contributed by atoms with E-state index in [0.29, 0.717) is 13.1 Å². The van der Waals surface area contributed by atoms with Crippen molar-refractivity contribution in [2.45, 2.75) is 6.54 Å². The van der Waals surface area contributed by atoms with Crippen LogP contribution in [0, 0.1) is 5.82 Å². The molecule has 3 nitrogen and oxygen atoms in total. The first-order valence-corrected chi connectivity index (χ1v) is 5.44. The first kappa shape index (κ1) is 16.9. The summed E-state index contributed by atoms with van der Waals surface area (Å²) in [6, 6.07) is 6.46. The highest BCUT2D eigenvalue weighted by molar-refractivity contribution is 14.0. The van der Waals surface area contributed by atoms with Gasteiger partial charge in [-0.05, 0) is 17.7 Å². The zero-order valence-corrected chi connectivity index (χ0v) is 13.0. The highest BCUT2D eigenvalue weighted by atomic mass is 127. The van der Waals surface area contributed by atoms with E-state index in [9.17, 15) is 4.39 Å². The van der Waals surface area contributed by atoms with Gasteiger partial charge in [0.05, 0.1) is 0 Å². The second kappa shape index (κ2) is 8.91. The summed E-state index contributed by atoms with van der Waals surface area (Å²) in [5.74, 6) is 0.569. The Morgan fingerprint density at radius 1 is 1.44 bits per heavy atom. The number of rotatable bonds is 4. The fourth-order valence-electron chi connectivity index (χ4n) is 1.49. The Hall–Kier alpha value is -1.11. The lowest BCUT2D eigenvalue weighted by Gasteiger charge is -2.21. The van der Waals surface area contributed by atoms with Gasteiger partial charge in [-0.1, -0.05) is 18.2 Å². The van der Waals surface area contributed by atoms with Gasteiger partial charge in [0.1, 0.15) is 5.82 Å². The van der Waals surface area contributed by atoms with E-state index in [0.717, 1.165) is 11.5 Å². The molecule has 0 heterocycles. The van der Waals surface area contributed by atoms with Gasteiger partial charge in [-0.15, -0.1) is 30.6 Å². The van der Waals surface area contributed by atoms with Crippen LogP contribution in [0.3, 0.4) is 0 Å². The average Bonchev–Trinajstić information content (AvgIpc) is 2.33. The summed E-state index contributed by atoms with van der Waals surface area (Å²) in [4.78, 5) is 6.12. The summed E-state index contributed by atoms with van der Waals surface area (Å²) in [6.45, 7) is 4.99. The summed E-state index contributed by atoms with van der Waals surface area (Å²) >= 11 is 0. The van der Waals surface area contributed by atoms with Gasteiger partial charge in [-0.2, -0.15) is 0 Å². The molecule has 0 saturated carbocycles. The van der Waals surface area contributed by atoms with Crippen LogP contribution in [0.15, 0.2) is 41.9 Å². The van der Waals surface area contributed by atoms with Gasteiger partial charge in [0.15, 0.2) is 5.96 Å². The second-order valence-corrected chi connectivity index (χ2v) is 3.70. The summed E-state index contributed by atoms with van der Waals surface area (Å²) in [5.41, 5.74) is 1.04. The maximum absolute atomic E-state index is 12.8. The molecule has 0 radical (unpaired) electrons. The third-order valence-corrected chi connectivity index (χ3v) is 2.31. The van der Waals surface area contributed by atoms with E-state index in [2.05, 4.69) is 16.9 Å². The first-order chi connectivity index (χ1) is 8.17. The van der Waals surface area contributed by atoms with Crippen LogP contribution in [0.1, 0.15) is 5.56 Å². The van der Waals surface area contributed by atoms with E-state index < -0.39 is 0 Å². The molecular formula is C13H19FIN3. The SMILES string of the molecule is C=CCNC(=NC)N(C)Cc1ccc(F)cc1.I. The maximum atomic E-state index is 12.8. The molecule has 5 heteroatoms. The average molecular weight is 363 g/mol. The highest BCUT2D eigenvalue weighted by Gasteiger charge is 2.05. The van der Waals surface area contributed by atoms with Crippen LogP contribution >= 0.6 is 24.0 Å². The quantitative estimate of drug-likeness (QED) is 0.386. The number of nitrogens with one attached hydrogen (secondary N) is 1. The molecule has 1 N–H and O–H groups in total. The Labute approximate surface area is 125 Å². The molecule has 0 saturated heterocycles. The fourth-order valence-corrected chi connectivity index (χ4v) is 1.49. The molecule has 1 aromatic rings. The van der Waals surface area contributed by atoms with Gasteiger partial charge >= 0.3 is 0 Å². The van der Waals surface area contributed by atoms with Gasteiger partial charge in [0.2, 0.25) is 0 Å². The molecule has 0 bridgehead atoms. The summed E-state index contributed by atoms with van der Waals surface area (Å²) in [7, 11) is 3.66. The molecule has 0 atom stereocenters. The van der Waals surface area contributed by atoms with Gasteiger partial charge < -0.3 is 10.2 Å². The molecule has 0 aliphatic carbocycles. The molecule has 0 spiro atoms. The predicted molar refractivity (Wildman–Crippen MR) is 84.8 cm³/mol. The number of guanidine groups is 1. The Kier molecular flexibility index (Phi) is 8.36. The van der Waals surface area contributed by atoms with Crippen molar-refractivity contribution in [1.82, 2.24) is 10.2 Å². The fraction of sp³-hybridized carbons (Fsp3) is 0.308. The molecule has 0 unspecified atom stereocenters. The lowest BCUT2D eigenvalue weighted by Crippen LogP contribution is -2.38. The van der Waals surface area contributed by atoms with Crippen molar-refractivity contribution in [2.75, 3.05) is 20.6 Å². The van der Waals surface area contributed by atoms with Crippen LogP contribution in [-0.2, 0) is 6.54 Å². The normalized spacial score (nSPS) is 10.5. The van der Waals surface area contributed by atoms with E-state index in [1.807, 2.05) is 11.9 Å². The molecular weight excluding hydrogens is 344 g/mol. The number of aliphatic imine (C=N–C) groups is 1. The minimum absolute atomic E-state index is 0. The van der Waals surface area contributed by atoms with Crippen LogP contribution in [0.25, 0.3) is 0 Å². The molecule has 100 valence electrons. The minimum atomic E-state index is -0.217. The zero-order chi connectivity index (χ0) is 12.7. The van der Waals surface area contributed by atoms with Gasteiger partial charge in [0, 0.05) is 27.2 Å². The largest absolute Gasteiger partial charge is 0.353 e. The molecule has 0 aliphatic heterocycles. The van der Waals surface area contributed by atoms with Crippen LogP contribution in [-0.4, -0.2) is 31.5 Å². The van der Waals surface area contributed by atoms with E-state index >= 15 is 0 Å².